The van der Waals surface area contributed by atoms with Crippen LogP contribution in [0, 0.1) is 0 Å². The van der Waals surface area contributed by atoms with E-state index in [1.54, 1.807) is 30.3 Å². The molecule has 0 unspecified atom stereocenters. The molecule has 11 N–H and O–H groups in total. The fourth-order valence-corrected chi connectivity index (χ4v) is 5.49. The monoisotopic (exact) mass is 725 g/mol. The van der Waals surface area contributed by atoms with Gasteiger partial charge in [-0.2, -0.15) is 0 Å². The second-order valence-corrected chi connectivity index (χ2v) is 12.3. The summed E-state index contributed by atoms with van der Waals surface area (Å²) in [5.74, 6) is -7.62. The number of phenols is 1. The summed E-state index contributed by atoms with van der Waals surface area (Å²) in [6, 6.07) is 7.53. The van der Waals surface area contributed by atoms with E-state index in [1.807, 2.05) is 0 Å². The molecule has 0 radical (unpaired) electrons. The van der Waals surface area contributed by atoms with Gasteiger partial charge in [0.05, 0.1) is 19.0 Å². The summed E-state index contributed by atoms with van der Waals surface area (Å²) >= 11 is 0. The van der Waals surface area contributed by atoms with Crippen molar-refractivity contribution in [1.29, 1.82) is 0 Å². The first-order chi connectivity index (χ1) is 24.6. The van der Waals surface area contributed by atoms with Gasteiger partial charge in [-0.1, -0.05) is 42.5 Å². The van der Waals surface area contributed by atoms with Gasteiger partial charge in [0.25, 0.3) is 0 Å². The second-order valence-electron chi connectivity index (χ2n) is 12.3. The number of hydrogen-bond donors (Lipinski definition) is 9. The molecule has 0 bridgehead atoms. The van der Waals surface area contributed by atoms with E-state index >= 15 is 0 Å². The summed E-state index contributed by atoms with van der Waals surface area (Å²) in [6.07, 6.45) is -0.871. The fourth-order valence-electron chi connectivity index (χ4n) is 5.49. The lowest BCUT2D eigenvalue weighted by Gasteiger charge is -2.27. The van der Waals surface area contributed by atoms with E-state index in [1.165, 1.54) is 29.2 Å². The number of amides is 6. The number of aliphatic carboxylic acids is 2. The van der Waals surface area contributed by atoms with Crippen LogP contribution in [0.4, 0.5) is 0 Å². The number of carbonyl (C=O) groups excluding carboxylic acids is 6. The first-order valence-corrected chi connectivity index (χ1v) is 16.4. The first-order valence-electron chi connectivity index (χ1n) is 16.4. The largest absolute Gasteiger partial charge is 0.508 e. The van der Waals surface area contributed by atoms with E-state index in [4.69, 9.17) is 16.6 Å². The van der Waals surface area contributed by atoms with Gasteiger partial charge in [0.2, 0.25) is 35.4 Å². The van der Waals surface area contributed by atoms with Crippen LogP contribution in [0.2, 0.25) is 0 Å². The third-order valence-corrected chi connectivity index (χ3v) is 8.24. The van der Waals surface area contributed by atoms with Crippen LogP contribution in [0.5, 0.6) is 5.75 Å². The van der Waals surface area contributed by atoms with Crippen LogP contribution in [-0.2, 0) is 51.2 Å². The number of carbonyl (C=O) groups is 8. The molecule has 18 nitrogen and oxygen atoms in total. The van der Waals surface area contributed by atoms with E-state index in [2.05, 4.69) is 21.3 Å². The Morgan fingerprint density at radius 2 is 1.38 bits per heavy atom. The molecule has 1 aliphatic heterocycles. The smallest absolute Gasteiger partial charge is 0.326 e. The van der Waals surface area contributed by atoms with Gasteiger partial charge >= 0.3 is 11.9 Å². The number of nitrogens with zero attached hydrogens (tertiary/aromatic N) is 1. The van der Waals surface area contributed by atoms with Gasteiger partial charge < -0.3 is 53.0 Å². The normalized spacial score (nSPS) is 16.0. The molecule has 3 rings (SSSR count). The van der Waals surface area contributed by atoms with Crippen LogP contribution in [0.3, 0.4) is 0 Å². The number of primary amides is 1. The minimum absolute atomic E-state index is 0.0621. The fraction of sp³-hybridized carbons (Fsp3) is 0.412. The Morgan fingerprint density at radius 1 is 0.788 bits per heavy atom. The average molecular weight is 726 g/mol. The molecule has 1 aliphatic rings. The Hall–Kier alpha value is -6.04. The molecule has 5 atom stereocenters. The maximum Gasteiger partial charge on any atom is 0.326 e. The first kappa shape index (κ1) is 40.4. The number of nitrogens with two attached hydrogens (primary N) is 2. The molecule has 52 heavy (non-hydrogen) atoms. The van der Waals surface area contributed by atoms with Gasteiger partial charge in [0.1, 0.15) is 29.9 Å². The van der Waals surface area contributed by atoms with Crippen molar-refractivity contribution in [3.05, 3.63) is 65.7 Å². The number of benzene rings is 2. The maximum absolute atomic E-state index is 13.6. The van der Waals surface area contributed by atoms with Crippen LogP contribution in [0.25, 0.3) is 0 Å². The molecule has 1 heterocycles. The average Bonchev–Trinajstić information content (AvgIpc) is 3.60. The summed E-state index contributed by atoms with van der Waals surface area (Å²) in [4.78, 5) is 102. The third kappa shape index (κ3) is 12.7. The molecule has 0 aromatic heterocycles. The van der Waals surface area contributed by atoms with Crippen molar-refractivity contribution < 1.29 is 53.7 Å². The van der Waals surface area contributed by atoms with Crippen molar-refractivity contribution >= 4 is 47.4 Å². The number of aromatic hydroxyl groups is 1. The number of carboxylic acid groups (broad SMARTS) is 2. The molecule has 0 saturated carbocycles. The van der Waals surface area contributed by atoms with Crippen molar-refractivity contribution in [3.8, 4) is 5.75 Å². The van der Waals surface area contributed by atoms with E-state index in [0.29, 0.717) is 17.5 Å². The molecule has 0 spiro atoms. The van der Waals surface area contributed by atoms with E-state index < -0.39 is 90.6 Å². The Morgan fingerprint density at radius 3 is 2.00 bits per heavy atom. The van der Waals surface area contributed by atoms with Crippen LogP contribution >= 0.6 is 0 Å². The summed E-state index contributed by atoms with van der Waals surface area (Å²) in [7, 11) is 0. The molecule has 2 aromatic carbocycles. The van der Waals surface area contributed by atoms with E-state index in [0.717, 1.165) is 0 Å². The number of likely N-dealkylation sites (tertiary alicyclic amines) is 1. The van der Waals surface area contributed by atoms with Crippen molar-refractivity contribution in [2.24, 2.45) is 11.5 Å². The van der Waals surface area contributed by atoms with Gasteiger partial charge in [-0.05, 0) is 42.5 Å². The van der Waals surface area contributed by atoms with E-state index in [9.17, 15) is 48.6 Å². The van der Waals surface area contributed by atoms with Crippen molar-refractivity contribution in [3.63, 3.8) is 0 Å². The zero-order valence-electron chi connectivity index (χ0n) is 28.2. The number of hydrogen-bond acceptors (Lipinski definition) is 10. The number of phenolic OH excluding ortho intramolecular Hbond substituents is 1. The molecule has 280 valence electrons. The highest BCUT2D eigenvalue weighted by Gasteiger charge is 2.37. The van der Waals surface area contributed by atoms with Gasteiger partial charge in [-0.3, -0.25) is 33.6 Å². The summed E-state index contributed by atoms with van der Waals surface area (Å²) < 4.78 is 0. The zero-order valence-corrected chi connectivity index (χ0v) is 28.2. The second kappa shape index (κ2) is 19.4. The molecule has 18 heteroatoms. The van der Waals surface area contributed by atoms with Crippen molar-refractivity contribution in [2.75, 3.05) is 13.1 Å². The van der Waals surface area contributed by atoms with Crippen molar-refractivity contribution in [2.45, 2.75) is 75.2 Å². The van der Waals surface area contributed by atoms with Gasteiger partial charge in [-0.15, -0.1) is 0 Å². The van der Waals surface area contributed by atoms with Crippen molar-refractivity contribution in [1.82, 2.24) is 26.2 Å². The number of nitrogens with one attached hydrogen (secondary N) is 4. The molecule has 1 saturated heterocycles. The topological polar surface area (TPSA) is 301 Å². The lowest BCUT2D eigenvalue weighted by atomic mass is 10.0. The Bertz CT molecular complexity index is 1620. The number of carboxylic acids is 2. The standard InChI is InChI=1S/C34H43N7O11/c35-22(12-13-29(45)46)30(47)37-18-28(44)41-14-4-7-26(41)33(50)39-24(17-27(36)43)32(49)38-23(15-20-8-10-21(42)11-9-20)31(48)40-25(34(51)52)16-19-5-2-1-3-6-19/h1-3,5-6,8-11,22-26,42H,4,7,12-18,35H2,(H2,36,43)(H,37,47)(H,38,49)(H,39,50)(H,40,48)(H,45,46)(H,51,52)/t22-,23-,24-,25-,26-/m0/s1. The Labute approximate surface area is 298 Å². The van der Waals surface area contributed by atoms with Gasteiger partial charge in [-0.25, -0.2) is 4.79 Å². The third-order valence-electron chi connectivity index (χ3n) is 8.24. The quantitative estimate of drug-likeness (QED) is 0.0752. The lowest BCUT2D eigenvalue weighted by molar-refractivity contribution is -0.142. The number of rotatable bonds is 19. The van der Waals surface area contributed by atoms with Crippen LogP contribution < -0.4 is 32.7 Å². The van der Waals surface area contributed by atoms with Gasteiger partial charge in [0, 0.05) is 25.8 Å². The summed E-state index contributed by atoms with van der Waals surface area (Å²) in [5.41, 5.74) is 12.1. The molecule has 2 aromatic rings. The molecule has 1 fully saturated rings. The van der Waals surface area contributed by atoms with Gasteiger partial charge in [0.15, 0.2) is 0 Å². The van der Waals surface area contributed by atoms with Crippen LogP contribution in [0.15, 0.2) is 54.6 Å². The molecular weight excluding hydrogens is 682 g/mol. The van der Waals surface area contributed by atoms with Crippen LogP contribution in [0.1, 0.15) is 43.2 Å². The molecule has 0 aliphatic carbocycles. The molecular formula is C34H43N7O11. The predicted molar refractivity (Wildman–Crippen MR) is 182 cm³/mol. The summed E-state index contributed by atoms with van der Waals surface area (Å²) in [6.45, 7) is -0.405. The SMILES string of the molecule is NC(=O)C[C@H](NC(=O)[C@@H]1CCCN1C(=O)CNC(=O)[C@@H](N)CCC(=O)O)C(=O)N[C@@H](Cc1ccc(O)cc1)C(=O)N[C@@H](Cc1ccccc1)C(=O)O. The van der Waals surface area contributed by atoms with Crippen LogP contribution in [-0.4, -0.2) is 111 Å². The highest BCUT2D eigenvalue weighted by molar-refractivity contribution is 5.97. The maximum atomic E-state index is 13.6. The Kier molecular flexibility index (Phi) is 15.1. The highest BCUT2D eigenvalue weighted by Crippen LogP contribution is 2.18. The summed E-state index contributed by atoms with van der Waals surface area (Å²) in [5, 5.41) is 38.0. The minimum Gasteiger partial charge on any atom is -0.508 e. The predicted octanol–water partition coefficient (Wildman–Crippen LogP) is -2.11. The minimum atomic E-state index is -1.61. The lowest BCUT2D eigenvalue weighted by Crippen LogP contribution is -2.59. The molecule has 6 amide bonds. The highest BCUT2D eigenvalue weighted by atomic mass is 16.4. The van der Waals surface area contributed by atoms with E-state index in [-0.39, 0.29) is 44.4 Å². The Balaban J connectivity index is 1.74. The zero-order chi connectivity index (χ0) is 38.4.